The number of nitrogens with one attached hydrogen (secondary N) is 6. The minimum absolute atomic E-state index is 0.00934. The third-order valence-electron chi connectivity index (χ3n) is 20.4. The van der Waals surface area contributed by atoms with Crippen molar-refractivity contribution in [1.29, 1.82) is 0 Å². The van der Waals surface area contributed by atoms with Gasteiger partial charge in [0, 0.05) is 93.7 Å². The number of hydrogen-bond donors (Lipinski definition) is 6. The fourth-order valence-electron chi connectivity index (χ4n) is 16.3. The molecule has 3 aliphatic heterocycles. The van der Waals surface area contributed by atoms with Crippen LogP contribution in [0.1, 0.15) is 113 Å². The van der Waals surface area contributed by atoms with Gasteiger partial charge in [0.25, 0.3) is 17.8 Å². The Morgan fingerprint density at radius 2 is 0.738 bits per heavy atom. The van der Waals surface area contributed by atoms with Crippen LogP contribution in [0.25, 0.3) is 33.1 Å². The van der Waals surface area contributed by atoms with E-state index in [1.165, 1.54) is 37.2 Å². The Labute approximate surface area is 480 Å². The number of alkyl halides is 6. The van der Waals surface area contributed by atoms with E-state index in [1.54, 1.807) is 33.3 Å². The van der Waals surface area contributed by atoms with E-state index >= 15 is 0 Å². The molecule has 9 heterocycles. The standard InChI is InChI=1S/3C20H23F2N5O/c3*1-2-15(28)27-8-4-5-12(10-27)26-18-16-13(9-23-17(16)24-11-25-18)19-7-3-6-14(19)20(19,21)22/h3*2,9,11-12,14H,1,3-8,10H2,(H2,23,24,25,26)/t12-,14?,19?;12-,14+,19+;12-,14-,19-/m111/s1. The fraction of sp³-hybridized carbons (Fsp3) is 0.550. The number of rotatable bonds is 12. The Balaban J connectivity index is 0.000000118. The van der Waals surface area contributed by atoms with Gasteiger partial charge < -0.3 is 45.6 Å². The number of nitrogens with zero attached hydrogens (tertiary/aromatic N) is 9. The SMILES string of the molecule is C=CC(=O)N1CCC[C@@H](Nc2ncnc3[nH]cc(C45CCCC4C5(F)F)c23)C1.C=CC(=O)N1CCC[C@@H](Nc2ncnc3[nH]cc([C@@]45CCC[C@@H]4C5(F)F)c23)C1.C=CC(=O)N1CCC[C@@H](Nc2ncnc3[nH]cc([C@]45CCC[C@H]4C5(F)F)c23)C1. The highest BCUT2D eigenvalue weighted by Crippen LogP contribution is 2.77. The van der Waals surface area contributed by atoms with Crippen molar-refractivity contribution in [2.45, 2.75) is 148 Å². The Hall–Kier alpha value is -7.53. The molecule has 6 saturated carbocycles. The summed E-state index contributed by atoms with van der Waals surface area (Å²) >= 11 is 0. The Morgan fingerprint density at radius 3 is 0.988 bits per heavy atom. The third kappa shape index (κ3) is 8.50. The highest BCUT2D eigenvalue weighted by atomic mass is 19.3. The number of anilines is 3. The number of carbonyl (C=O) groups excluding carboxylic acids is 3. The van der Waals surface area contributed by atoms with Crippen LogP contribution in [0.2, 0.25) is 0 Å². The monoisotopic (exact) mass is 1160 g/mol. The van der Waals surface area contributed by atoms with Gasteiger partial charge in [-0.25, -0.2) is 56.2 Å². The van der Waals surface area contributed by atoms with Crippen LogP contribution in [-0.2, 0) is 30.6 Å². The summed E-state index contributed by atoms with van der Waals surface area (Å²) in [5.41, 5.74) is 0.381. The number of carbonyl (C=O) groups is 3. The molecule has 24 heteroatoms. The quantitative estimate of drug-likeness (QED) is 0.0498. The van der Waals surface area contributed by atoms with Crippen LogP contribution in [0.15, 0.2) is 75.5 Å². The lowest BCUT2D eigenvalue weighted by Gasteiger charge is -2.33. The summed E-state index contributed by atoms with van der Waals surface area (Å²) in [7, 11) is 0. The molecular weight excluding hydrogens is 1090 g/mol. The summed E-state index contributed by atoms with van der Waals surface area (Å²) in [5, 5.41) is 12.2. The van der Waals surface area contributed by atoms with E-state index in [2.05, 4.69) is 80.5 Å². The topological polar surface area (TPSA) is 222 Å². The lowest BCUT2D eigenvalue weighted by atomic mass is 9.92. The number of H-pyrrole nitrogens is 3. The van der Waals surface area contributed by atoms with Gasteiger partial charge in [0.05, 0.1) is 32.4 Å². The molecule has 3 amide bonds. The Morgan fingerprint density at radius 1 is 0.452 bits per heavy atom. The predicted molar refractivity (Wildman–Crippen MR) is 304 cm³/mol. The zero-order valence-electron chi connectivity index (χ0n) is 46.6. The summed E-state index contributed by atoms with van der Waals surface area (Å²) in [6.45, 7) is 14.4. The van der Waals surface area contributed by atoms with Crippen LogP contribution in [0.3, 0.4) is 0 Å². The molecule has 6 aromatic rings. The average molecular weight is 1160 g/mol. The molecule has 0 aromatic carbocycles. The van der Waals surface area contributed by atoms with Gasteiger partial charge in [-0.2, -0.15) is 0 Å². The van der Waals surface area contributed by atoms with Crippen LogP contribution in [-0.4, -0.2) is 152 Å². The molecule has 9 aliphatic rings. The van der Waals surface area contributed by atoms with Crippen molar-refractivity contribution in [3.63, 3.8) is 0 Å². The first-order valence-electron chi connectivity index (χ1n) is 29.6. The van der Waals surface area contributed by atoms with Gasteiger partial charge in [-0.05, 0) is 112 Å². The highest BCUT2D eigenvalue weighted by molar-refractivity contribution is 5.95. The molecule has 84 heavy (non-hydrogen) atoms. The van der Waals surface area contributed by atoms with Crippen molar-refractivity contribution in [1.82, 2.24) is 59.6 Å². The number of aromatic nitrogens is 9. The normalized spacial score (nSPS) is 30.9. The summed E-state index contributed by atoms with van der Waals surface area (Å²) in [6, 6.07) is 0.0280. The predicted octanol–water partition coefficient (Wildman–Crippen LogP) is 9.70. The summed E-state index contributed by atoms with van der Waals surface area (Å²) in [6.07, 6.45) is 24.3. The zero-order chi connectivity index (χ0) is 58.6. The molecule has 3 saturated heterocycles. The number of likely N-dealkylation sites (tertiary alicyclic amines) is 3. The first-order chi connectivity index (χ1) is 40.5. The second-order valence-corrected chi connectivity index (χ2v) is 24.5. The second-order valence-electron chi connectivity index (χ2n) is 24.5. The van der Waals surface area contributed by atoms with Crippen LogP contribution in [0.5, 0.6) is 0 Å². The van der Waals surface area contributed by atoms with Gasteiger partial charge in [0.15, 0.2) is 0 Å². The number of amides is 3. The fourth-order valence-corrected chi connectivity index (χ4v) is 16.3. The van der Waals surface area contributed by atoms with Crippen molar-refractivity contribution < 1.29 is 40.7 Å². The molecule has 0 radical (unpaired) electrons. The molecular formula is C60H69F6N15O3. The molecule has 2 unspecified atom stereocenters. The van der Waals surface area contributed by atoms with Crippen molar-refractivity contribution in [2.24, 2.45) is 17.8 Å². The van der Waals surface area contributed by atoms with Crippen molar-refractivity contribution in [3.05, 3.63) is 92.2 Å². The van der Waals surface area contributed by atoms with Crippen LogP contribution in [0.4, 0.5) is 43.8 Å². The van der Waals surface area contributed by atoms with Gasteiger partial charge in [0.2, 0.25) is 17.7 Å². The van der Waals surface area contributed by atoms with Crippen LogP contribution in [0, 0.1) is 17.8 Å². The summed E-state index contributed by atoms with van der Waals surface area (Å²) < 4.78 is 87.8. The number of piperidine rings is 3. The Bertz CT molecular complexity index is 3240. The van der Waals surface area contributed by atoms with E-state index in [4.69, 9.17) is 0 Å². The second kappa shape index (κ2) is 20.6. The maximum atomic E-state index is 14.6. The van der Waals surface area contributed by atoms with E-state index in [1.807, 2.05) is 0 Å². The van der Waals surface area contributed by atoms with E-state index < -0.39 is 51.8 Å². The van der Waals surface area contributed by atoms with E-state index in [0.29, 0.717) is 145 Å². The maximum absolute atomic E-state index is 14.6. The number of aromatic amines is 3. The largest absolute Gasteiger partial charge is 0.365 e. The van der Waals surface area contributed by atoms with E-state index in [0.717, 1.165) is 57.8 Å². The molecule has 9 atom stereocenters. The summed E-state index contributed by atoms with van der Waals surface area (Å²) in [5.74, 6) is -8.29. The Kier molecular flexibility index (Phi) is 13.7. The van der Waals surface area contributed by atoms with Gasteiger partial charge in [-0.3, -0.25) is 14.4 Å². The molecule has 0 spiro atoms. The minimum Gasteiger partial charge on any atom is -0.365 e. The lowest BCUT2D eigenvalue weighted by Crippen LogP contribution is -2.44. The van der Waals surface area contributed by atoms with E-state index in [9.17, 15) is 40.7 Å². The zero-order valence-corrected chi connectivity index (χ0v) is 46.6. The molecule has 6 N–H and O–H groups in total. The van der Waals surface area contributed by atoms with Crippen LogP contribution < -0.4 is 16.0 Å². The molecule has 444 valence electrons. The van der Waals surface area contributed by atoms with Crippen LogP contribution >= 0.6 is 0 Å². The van der Waals surface area contributed by atoms with Gasteiger partial charge >= 0.3 is 0 Å². The number of fused-ring (bicyclic) bond motifs is 6. The maximum Gasteiger partial charge on any atom is 0.262 e. The molecule has 18 nitrogen and oxygen atoms in total. The molecule has 9 fully saturated rings. The third-order valence-corrected chi connectivity index (χ3v) is 20.4. The highest BCUT2D eigenvalue weighted by Gasteiger charge is 2.84. The number of hydrogen-bond acceptors (Lipinski definition) is 12. The van der Waals surface area contributed by atoms with Gasteiger partial charge in [-0.15, -0.1) is 0 Å². The summed E-state index contributed by atoms with van der Waals surface area (Å²) in [4.78, 5) is 76.2. The van der Waals surface area contributed by atoms with Crippen molar-refractivity contribution in [3.8, 4) is 0 Å². The van der Waals surface area contributed by atoms with Crippen molar-refractivity contribution in [2.75, 3.05) is 55.2 Å². The molecule has 6 aromatic heterocycles. The lowest BCUT2D eigenvalue weighted by molar-refractivity contribution is -0.127. The molecule has 15 rings (SSSR count). The van der Waals surface area contributed by atoms with Crippen molar-refractivity contribution >= 4 is 68.3 Å². The average Bonchev–Trinajstić information content (AvgIpc) is 1.53. The first kappa shape index (κ1) is 55.6. The minimum atomic E-state index is -2.66. The molecule has 0 bridgehead atoms. The van der Waals surface area contributed by atoms with Gasteiger partial charge in [-0.1, -0.05) is 39.0 Å². The van der Waals surface area contributed by atoms with Gasteiger partial charge in [0.1, 0.15) is 53.4 Å². The smallest absolute Gasteiger partial charge is 0.262 e. The molecule has 6 aliphatic carbocycles. The van der Waals surface area contributed by atoms with E-state index in [-0.39, 0.29) is 35.8 Å². The first-order valence-corrected chi connectivity index (χ1v) is 29.6. The number of halogens is 6.